The van der Waals surface area contributed by atoms with Gasteiger partial charge in [0.2, 0.25) is 0 Å². The van der Waals surface area contributed by atoms with Crippen LogP contribution in [0.4, 0.5) is 0 Å². The van der Waals surface area contributed by atoms with Crippen molar-refractivity contribution in [3.05, 3.63) is 35.9 Å². The van der Waals surface area contributed by atoms with Gasteiger partial charge in [0.05, 0.1) is 0 Å². The van der Waals surface area contributed by atoms with E-state index in [2.05, 4.69) is 38.1 Å². The summed E-state index contributed by atoms with van der Waals surface area (Å²) in [5.41, 5.74) is 1.34. The number of rotatable bonds is 9. The van der Waals surface area contributed by atoms with Crippen molar-refractivity contribution in [2.45, 2.75) is 58.8 Å². The Bertz CT molecular complexity index is 323. The van der Waals surface area contributed by atoms with E-state index < -0.39 is 0 Å². The Balaban J connectivity index is 2.30. The van der Waals surface area contributed by atoms with Crippen LogP contribution in [0.3, 0.4) is 0 Å². The van der Waals surface area contributed by atoms with Crippen LogP contribution in [0, 0.1) is 5.92 Å². The first-order valence-corrected chi connectivity index (χ1v) is 7.34. The Morgan fingerprint density at radius 1 is 1.06 bits per heavy atom. The SMILES string of the molecule is CCCC(CCC)C(=O)CCCc1ccccc1. The molecule has 0 saturated heterocycles. The first kappa shape index (κ1) is 14.9. The lowest BCUT2D eigenvalue weighted by molar-refractivity contribution is -0.123. The van der Waals surface area contributed by atoms with Gasteiger partial charge in [-0.3, -0.25) is 4.79 Å². The molecule has 1 heteroatoms. The highest BCUT2D eigenvalue weighted by atomic mass is 16.1. The molecular formula is C17H26O. The van der Waals surface area contributed by atoms with Crippen molar-refractivity contribution < 1.29 is 4.79 Å². The summed E-state index contributed by atoms with van der Waals surface area (Å²) in [5.74, 6) is 0.797. The van der Waals surface area contributed by atoms with Gasteiger partial charge in [-0.15, -0.1) is 0 Å². The number of carbonyl (C=O) groups is 1. The second-order valence-corrected chi connectivity index (χ2v) is 5.08. The highest BCUT2D eigenvalue weighted by Gasteiger charge is 2.15. The van der Waals surface area contributed by atoms with Crippen molar-refractivity contribution >= 4 is 5.78 Å². The fourth-order valence-electron chi connectivity index (χ4n) is 2.48. The van der Waals surface area contributed by atoms with Gasteiger partial charge in [0.25, 0.3) is 0 Å². The predicted octanol–water partition coefficient (Wildman–Crippen LogP) is 4.79. The molecule has 0 saturated carbocycles. The zero-order valence-electron chi connectivity index (χ0n) is 11.8. The molecule has 100 valence electrons. The van der Waals surface area contributed by atoms with Crippen LogP contribution in [0.2, 0.25) is 0 Å². The molecule has 18 heavy (non-hydrogen) atoms. The molecule has 1 aromatic rings. The van der Waals surface area contributed by atoms with Gasteiger partial charge < -0.3 is 0 Å². The summed E-state index contributed by atoms with van der Waals surface area (Å²) < 4.78 is 0. The first-order valence-electron chi connectivity index (χ1n) is 7.34. The number of hydrogen-bond acceptors (Lipinski definition) is 1. The molecular weight excluding hydrogens is 220 g/mol. The molecule has 0 aliphatic carbocycles. The van der Waals surface area contributed by atoms with E-state index >= 15 is 0 Å². The molecule has 0 N–H and O–H groups in total. The maximum Gasteiger partial charge on any atom is 0.135 e. The summed E-state index contributed by atoms with van der Waals surface area (Å²) in [7, 11) is 0. The van der Waals surface area contributed by atoms with Crippen molar-refractivity contribution in [3.63, 3.8) is 0 Å². The zero-order valence-corrected chi connectivity index (χ0v) is 11.8. The minimum absolute atomic E-state index is 0.316. The molecule has 0 spiro atoms. The van der Waals surface area contributed by atoms with Crippen LogP contribution in [-0.2, 0) is 11.2 Å². The molecule has 0 aliphatic heterocycles. The lowest BCUT2D eigenvalue weighted by Gasteiger charge is -2.13. The largest absolute Gasteiger partial charge is 0.299 e. The van der Waals surface area contributed by atoms with Gasteiger partial charge in [0.1, 0.15) is 5.78 Å². The Hall–Kier alpha value is -1.11. The number of ketones is 1. The van der Waals surface area contributed by atoms with Crippen LogP contribution in [-0.4, -0.2) is 5.78 Å². The summed E-state index contributed by atoms with van der Waals surface area (Å²) in [4.78, 5) is 12.1. The molecule has 1 nitrogen and oxygen atoms in total. The fraction of sp³-hybridized carbons (Fsp3) is 0.588. The minimum atomic E-state index is 0.316. The lowest BCUT2D eigenvalue weighted by atomic mass is 9.90. The van der Waals surface area contributed by atoms with E-state index in [1.54, 1.807) is 0 Å². The summed E-state index contributed by atoms with van der Waals surface area (Å²) in [5, 5.41) is 0. The quantitative estimate of drug-likeness (QED) is 0.612. The Labute approximate surface area is 112 Å². The molecule has 0 aromatic heterocycles. The van der Waals surface area contributed by atoms with Crippen LogP contribution in [0.5, 0.6) is 0 Å². The molecule has 1 rings (SSSR count). The average molecular weight is 246 g/mol. The second-order valence-electron chi connectivity index (χ2n) is 5.08. The molecule has 0 fully saturated rings. The normalized spacial score (nSPS) is 10.8. The zero-order chi connectivity index (χ0) is 13.2. The lowest BCUT2D eigenvalue weighted by Crippen LogP contribution is -2.14. The number of carbonyl (C=O) groups excluding carboxylic acids is 1. The number of aryl methyl sites for hydroxylation is 1. The molecule has 0 bridgehead atoms. The molecule has 0 amide bonds. The number of Topliss-reactive ketones (excluding diaryl/α,β-unsaturated/α-hetero) is 1. The predicted molar refractivity (Wildman–Crippen MR) is 77.7 cm³/mol. The van der Waals surface area contributed by atoms with Crippen LogP contribution in [0.1, 0.15) is 57.9 Å². The van der Waals surface area contributed by atoms with E-state index in [4.69, 9.17) is 0 Å². The highest BCUT2D eigenvalue weighted by Crippen LogP contribution is 2.18. The first-order chi connectivity index (χ1) is 8.77. The third-order valence-corrected chi connectivity index (χ3v) is 3.46. The maximum atomic E-state index is 12.1. The molecule has 0 atom stereocenters. The monoisotopic (exact) mass is 246 g/mol. The number of benzene rings is 1. The van der Waals surface area contributed by atoms with Crippen molar-refractivity contribution in [1.29, 1.82) is 0 Å². The molecule has 0 aliphatic rings. The van der Waals surface area contributed by atoms with Crippen molar-refractivity contribution in [3.8, 4) is 0 Å². The van der Waals surface area contributed by atoms with Crippen molar-refractivity contribution in [2.75, 3.05) is 0 Å². The van der Waals surface area contributed by atoms with Gasteiger partial charge >= 0.3 is 0 Å². The van der Waals surface area contributed by atoms with E-state index in [9.17, 15) is 4.79 Å². The molecule has 0 unspecified atom stereocenters. The van der Waals surface area contributed by atoms with Crippen LogP contribution in [0.25, 0.3) is 0 Å². The molecule has 1 aromatic carbocycles. The highest BCUT2D eigenvalue weighted by molar-refractivity contribution is 5.80. The van der Waals surface area contributed by atoms with Gasteiger partial charge in [-0.05, 0) is 31.2 Å². The standard InChI is InChI=1S/C17H26O/c1-3-9-16(10-4-2)17(18)14-8-13-15-11-6-5-7-12-15/h5-7,11-12,16H,3-4,8-10,13-14H2,1-2H3. The third-order valence-electron chi connectivity index (χ3n) is 3.46. The third kappa shape index (κ3) is 5.48. The Morgan fingerprint density at radius 2 is 1.67 bits per heavy atom. The second kappa shape index (κ2) is 8.91. The average Bonchev–Trinajstić information content (AvgIpc) is 2.39. The van der Waals surface area contributed by atoms with Gasteiger partial charge in [-0.2, -0.15) is 0 Å². The molecule has 0 heterocycles. The Morgan fingerprint density at radius 3 is 2.22 bits per heavy atom. The van der Waals surface area contributed by atoms with E-state index in [1.807, 2.05) is 6.07 Å². The van der Waals surface area contributed by atoms with Gasteiger partial charge in [0, 0.05) is 12.3 Å². The van der Waals surface area contributed by atoms with Gasteiger partial charge in [0.15, 0.2) is 0 Å². The van der Waals surface area contributed by atoms with Crippen LogP contribution >= 0.6 is 0 Å². The minimum Gasteiger partial charge on any atom is -0.299 e. The number of hydrogen-bond donors (Lipinski definition) is 0. The molecule has 0 radical (unpaired) electrons. The van der Waals surface area contributed by atoms with Crippen molar-refractivity contribution in [2.24, 2.45) is 5.92 Å². The van der Waals surface area contributed by atoms with E-state index in [0.717, 1.165) is 44.9 Å². The van der Waals surface area contributed by atoms with E-state index in [1.165, 1.54) is 5.56 Å². The fourth-order valence-corrected chi connectivity index (χ4v) is 2.48. The van der Waals surface area contributed by atoms with Crippen molar-refractivity contribution in [1.82, 2.24) is 0 Å². The summed E-state index contributed by atoms with van der Waals surface area (Å²) in [6, 6.07) is 10.4. The van der Waals surface area contributed by atoms with E-state index in [-0.39, 0.29) is 0 Å². The summed E-state index contributed by atoms with van der Waals surface area (Å²) in [6.45, 7) is 4.33. The van der Waals surface area contributed by atoms with Crippen LogP contribution < -0.4 is 0 Å². The Kier molecular flexibility index (Phi) is 7.40. The van der Waals surface area contributed by atoms with E-state index in [0.29, 0.717) is 11.7 Å². The summed E-state index contributed by atoms with van der Waals surface area (Å²) in [6.07, 6.45) is 7.14. The van der Waals surface area contributed by atoms with Gasteiger partial charge in [-0.25, -0.2) is 0 Å². The van der Waals surface area contributed by atoms with Gasteiger partial charge in [-0.1, -0.05) is 57.0 Å². The smallest absolute Gasteiger partial charge is 0.135 e. The maximum absolute atomic E-state index is 12.1. The summed E-state index contributed by atoms with van der Waals surface area (Å²) >= 11 is 0. The van der Waals surface area contributed by atoms with Crippen LogP contribution in [0.15, 0.2) is 30.3 Å². The topological polar surface area (TPSA) is 17.1 Å².